The quantitative estimate of drug-likeness (QED) is 0.381. The van der Waals surface area contributed by atoms with Crippen LogP contribution >= 0.6 is 11.3 Å². The summed E-state index contributed by atoms with van der Waals surface area (Å²) in [6, 6.07) is 17.4. The summed E-state index contributed by atoms with van der Waals surface area (Å²) in [6.45, 7) is 0.421. The number of amides is 1. The first kappa shape index (κ1) is 19.6. The molecule has 7 nitrogen and oxygen atoms in total. The molecular formula is C23H19N3O4S. The van der Waals surface area contributed by atoms with Crippen molar-refractivity contribution < 1.29 is 14.5 Å². The number of benzene rings is 2. The van der Waals surface area contributed by atoms with E-state index in [4.69, 9.17) is 0 Å². The summed E-state index contributed by atoms with van der Waals surface area (Å²) in [5.74, 6) is -1.46. The van der Waals surface area contributed by atoms with Crippen molar-refractivity contribution in [3.8, 4) is 0 Å². The number of fused-ring (bicyclic) bond motifs is 2. The molecule has 5 rings (SSSR count). The molecule has 8 heteroatoms. The minimum absolute atomic E-state index is 0.0281. The van der Waals surface area contributed by atoms with E-state index in [9.17, 15) is 19.7 Å². The maximum atomic E-state index is 13.8. The summed E-state index contributed by atoms with van der Waals surface area (Å²) in [5, 5.41) is 16.2. The van der Waals surface area contributed by atoms with Crippen LogP contribution in [-0.2, 0) is 10.3 Å². The Balaban J connectivity index is 1.72. The molecule has 1 fully saturated rings. The fraction of sp³-hybridized carbons (Fsp3) is 0.217. The number of likely N-dealkylation sites (N-methyl/N-ethyl adjacent to an activating group) is 1. The zero-order chi connectivity index (χ0) is 21.8. The standard InChI is InChI=1S/C23H19N3O4S/c1-25-13-16(14-6-4-7-15(12-14)26(29)30)20(21(27)19-10-5-11-31-19)23(25)17-8-2-3-9-18(17)24-22(23)28/h2-12,16,20H,13H2,1H3,(H,24,28). The number of carbonyl (C=O) groups excluding carboxylic acids is 2. The normalized spacial score (nSPS) is 24.9. The van der Waals surface area contributed by atoms with Crippen molar-refractivity contribution in [2.45, 2.75) is 11.5 Å². The van der Waals surface area contributed by atoms with Crippen molar-refractivity contribution in [1.82, 2.24) is 4.90 Å². The molecule has 3 unspecified atom stereocenters. The number of thiophene rings is 1. The number of Topliss-reactive ketones (excluding diaryl/α,β-unsaturated/α-hetero) is 1. The van der Waals surface area contributed by atoms with Gasteiger partial charge in [0.25, 0.3) is 5.69 Å². The van der Waals surface area contributed by atoms with Gasteiger partial charge in [-0.2, -0.15) is 0 Å². The van der Waals surface area contributed by atoms with Crippen LogP contribution in [0.4, 0.5) is 11.4 Å². The molecule has 2 aromatic carbocycles. The van der Waals surface area contributed by atoms with Crippen molar-refractivity contribution in [2.75, 3.05) is 18.9 Å². The number of non-ortho nitro benzene ring substituents is 1. The minimum Gasteiger partial charge on any atom is -0.324 e. The van der Waals surface area contributed by atoms with Gasteiger partial charge in [0.15, 0.2) is 5.78 Å². The van der Waals surface area contributed by atoms with Gasteiger partial charge < -0.3 is 5.32 Å². The van der Waals surface area contributed by atoms with Crippen molar-refractivity contribution in [2.24, 2.45) is 5.92 Å². The van der Waals surface area contributed by atoms with Gasteiger partial charge in [-0.3, -0.25) is 24.6 Å². The number of rotatable bonds is 4. The highest BCUT2D eigenvalue weighted by Crippen LogP contribution is 2.55. The van der Waals surface area contributed by atoms with Crippen LogP contribution in [0, 0.1) is 16.0 Å². The molecular weight excluding hydrogens is 414 g/mol. The van der Waals surface area contributed by atoms with E-state index in [1.807, 2.05) is 47.7 Å². The topological polar surface area (TPSA) is 92.5 Å². The summed E-state index contributed by atoms with van der Waals surface area (Å²) in [7, 11) is 1.84. The van der Waals surface area contributed by atoms with Crippen molar-refractivity contribution in [3.05, 3.63) is 92.2 Å². The summed E-state index contributed by atoms with van der Waals surface area (Å²) in [5.41, 5.74) is 0.950. The van der Waals surface area contributed by atoms with E-state index in [1.165, 1.54) is 23.5 Å². The molecule has 0 saturated carbocycles. The van der Waals surface area contributed by atoms with Gasteiger partial charge >= 0.3 is 0 Å². The van der Waals surface area contributed by atoms with Crippen LogP contribution in [-0.4, -0.2) is 35.1 Å². The van der Waals surface area contributed by atoms with Gasteiger partial charge in [0.2, 0.25) is 5.91 Å². The highest BCUT2D eigenvalue weighted by Gasteiger charge is 2.64. The van der Waals surface area contributed by atoms with Crippen LogP contribution in [0.15, 0.2) is 66.0 Å². The Morgan fingerprint density at radius 3 is 2.74 bits per heavy atom. The molecule has 1 saturated heterocycles. The Hall–Kier alpha value is -3.36. The number of nitro benzene ring substituents is 1. The maximum Gasteiger partial charge on any atom is 0.269 e. The highest BCUT2D eigenvalue weighted by molar-refractivity contribution is 7.12. The predicted octanol–water partition coefficient (Wildman–Crippen LogP) is 4.03. The zero-order valence-corrected chi connectivity index (χ0v) is 17.5. The highest BCUT2D eigenvalue weighted by atomic mass is 32.1. The number of nitro groups is 1. The lowest BCUT2D eigenvalue weighted by atomic mass is 9.71. The monoisotopic (exact) mass is 433 g/mol. The molecule has 31 heavy (non-hydrogen) atoms. The van der Waals surface area contributed by atoms with E-state index in [-0.39, 0.29) is 23.3 Å². The van der Waals surface area contributed by atoms with Gasteiger partial charge in [0, 0.05) is 35.8 Å². The van der Waals surface area contributed by atoms with Gasteiger partial charge in [-0.15, -0.1) is 11.3 Å². The predicted molar refractivity (Wildman–Crippen MR) is 117 cm³/mol. The molecule has 1 spiro atoms. The van der Waals surface area contributed by atoms with E-state index in [1.54, 1.807) is 18.2 Å². The van der Waals surface area contributed by atoms with Crippen LogP contribution in [0.2, 0.25) is 0 Å². The van der Waals surface area contributed by atoms with Gasteiger partial charge in [-0.05, 0) is 30.1 Å². The molecule has 2 aliphatic heterocycles. The molecule has 2 aliphatic rings. The molecule has 156 valence electrons. The minimum atomic E-state index is -1.17. The Morgan fingerprint density at radius 1 is 1.19 bits per heavy atom. The Morgan fingerprint density at radius 2 is 2.00 bits per heavy atom. The Labute approximate surface area is 182 Å². The van der Waals surface area contributed by atoms with Gasteiger partial charge in [-0.25, -0.2) is 0 Å². The number of hydrogen-bond donors (Lipinski definition) is 1. The second-order valence-electron chi connectivity index (χ2n) is 7.92. The average molecular weight is 433 g/mol. The fourth-order valence-electron chi connectivity index (χ4n) is 5.14. The molecule has 3 heterocycles. The van der Waals surface area contributed by atoms with Crippen LogP contribution in [0.1, 0.15) is 26.7 Å². The first-order chi connectivity index (χ1) is 14.9. The number of carbonyl (C=O) groups is 2. The third-order valence-corrected chi connectivity index (χ3v) is 7.30. The lowest BCUT2D eigenvalue weighted by Gasteiger charge is -2.35. The van der Waals surface area contributed by atoms with Gasteiger partial charge in [0.05, 0.1) is 15.7 Å². The number of hydrogen-bond acceptors (Lipinski definition) is 6. The van der Waals surface area contributed by atoms with Crippen molar-refractivity contribution >= 4 is 34.4 Å². The molecule has 1 amide bonds. The van der Waals surface area contributed by atoms with E-state index in [0.29, 0.717) is 22.7 Å². The fourth-order valence-corrected chi connectivity index (χ4v) is 5.84. The Kier molecular flexibility index (Phi) is 4.49. The lowest BCUT2D eigenvalue weighted by Crippen LogP contribution is -2.51. The third kappa shape index (κ3) is 2.75. The number of nitrogens with zero attached hydrogens (tertiary/aromatic N) is 2. The number of anilines is 1. The molecule has 0 aliphatic carbocycles. The van der Waals surface area contributed by atoms with Crippen LogP contribution in [0.25, 0.3) is 0 Å². The Bertz CT molecular complexity index is 1210. The average Bonchev–Trinajstić information content (AvgIpc) is 3.47. The summed E-state index contributed by atoms with van der Waals surface area (Å²) >= 11 is 1.34. The first-order valence-electron chi connectivity index (χ1n) is 9.89. The van der Waals surface area contributed by atoms with Gasteiger partial charge in [-0.1, -0.05) is 36.4 Å². The zero-order valence-electron chi connectivity index (χ0n) is 16.6. The molecule has 3 atom stereocenters. The molecule has 1 N–H and O–H groups in total. The summed E-state index contributed by atoms with van der Waals surface area (Å²) in [6.07, 6.45) is 0. The van der Waals surface area contributed by atoms with E-state index < -0.39 is 16.4 Å². The van der Waals surface area contributed by atoms with E-state index >= 15 is 0 Å². The van der Waals surface area contributed by atoms with Crippen LogP contribution in [0.3, 0.4) is 0 Å². The largest absolute Gasteiger partial charge is 0.324 e. The lowest BCUT2D eigenvalue weighted by molar-refractivity contribution is -0.384. The number of para-hydroxylation sites is 1. The SMILES string of the molecule is CN1CC(c2cccc([N+](=O)[O-])c2)C(C(=O)c2cccs2)C12C(=O)Nc1ccccc12. The first-order valence-corrected chi connectivity index (χ1v) is 10.8. The molecule has 1 aromatic heterocycles. The maximum absolute atomic E-state index is 13.8. The molecule has 3 aromatic rings. The summed E-state index contributed by atoms with van der Waals surface area (Å²) < 4.78 is 0. The van der Waals surface area contributed by atoms with Crippen LogP contribution in [0.5, 0.6) is 0 Å². The van der Waals surface area contributed by atoms with Crippen LogP contribution < -0.4 is 5.32 Å². The number of likely N-dealkylation sites (tertiary alicyclic amines) is 1. The number of nitrogens with one attached hydrogen (secondary N) is 1. The summed E-state index contributed by atoms with van der Waals surface area (Å²) in [4.78, 5) is 40.8. The third-order valence-electron chi connectivity index (χ3n) is 6.41. The molecule has 0 bridgehead atoms. The van der Waals surface area contributed by atoms with Crippen molar-refractivity contribution in [3.63, 3.8) is 0 Å². The smallest absolute Gasteiger partial charge is 0.269 e. The second-order valence-corrected chi connectivity index (χ2v) is 8.87. The van der Waals surface area contributed by atoms with Crippen molar-refractivity contribution in [1.29, 1.82) is 0 Å². The second kappa shape index (κ2) is 7.11. The van der Waals surface area contributed by atoms with E-state index in [2.05, 4.69) is 5.32 Å². The number of ketones is 1. The van der Waals surface area contributed by atoms with E-state index in [0.717, 1.165) is 5.56 Å². The molecule has 0 radical (unpaired) electrons. The van der Waals surface area contributed by atoms with Gasteiger partial charge in [0.1, 0.15) is 5.54 Å².